The topological polar surface area (TPSA) is 39.3 Å². The monoisotopic (exact) mass is 275 g/mol. The van der Waals surface area contributed by atoms with Gasteiger partial charge < -0.3 is 9.88 Å². The van der Waals surface area contributed by atoms with Gasteiger partial charge in [-0.2, -0.15) is 0 Å². The summed E-state index contributed by atoms with van der Waals surface area (Å²) >= 11 is 0. The molecule has 3 fully saturated rings. The highest BCUT2D eigenvalue weighted by atomic mass is 16.2. The van der Waals surface area contributed by atoms with E-state index < -0.39 is 0 Å². The predicted octanol–water partition coefficient (Wildman–Crippen LogP) is 2.27. The summed E-state index contributed by atoms with van der Waals surface area (Å²) < 4.78 is 0. The first-order chi connectivity index (χ1) is 9.69. The van der Waals surface area contributed by atoms with Crippen LogP contribution in [-0.2, 0) is 0 Å². The Morgan fingerprint density at radius 1 is 1.35 bits per heavy atom. The predicted molar refractivity (Wildman–Crippen MR) is 79.8 cm³/mol. The van der Waals surface area contributed by atoms with Crippen LogP contribution in [0, 0.1) is 12.8 Å². The zero-order valence-electron chi connectivity index (χ0n) is 12.6. The van der Waals surface area contributed by atoms with Crippen LogP contribution in [0.1, 0.15) is 42.2 Å². The number of aromatic amines is 1. The fraction of sp³-hybridized carbons (Fsp3) is 0.688. The van der Waals surface area contributed by atoms with Gasteiger partial charge in [0.2, 0.25) is 0 Å². The van der Waals surface area contributed by atoms with Crippen molar-refractivity contribution in [2.75, 3.05) is 26.2 Å². The van der Waals surface area contributed by atoms with E-state index in [1.807, 2.05) is 19.2 Å². The number of rotatable bonds is 3. The SMILES string of the molecule is CCCN1C[C@H]2CC[C@@H]1CN(C(=O)c1cc[nH]c1C)C2. The van der Waals surface area contributed by atoms with Crippen molar-refractivity contribution >= 4 is 5.91 Å². The number of nitrogens with one attached hydrogen (secondary N) is 1. The van der Waals surface area contributed by atoms with Gasteiger partial charge in [-0.15, -0.1) is 0 Å². The molecule has 4 nitrogen and oxygen atoms in total. The fourth-order valence-electron chi connectivity index (χ4n) is 3.76. The second-order valence-electron chi connectivity index (χ2n) is 6.32. The normalized spacial score (nSPS) is 26.8. The third kappa shape index (κ3) is 2.49. The van der Waals surface area contributed by atoms with Crippen LogP contribution in [0.15, 0.2) is 12.3 Å². The molecule has 0 spiro atoms. The van der Waals surface area contributed by atoms with Crippen LogP contribution in [0.2, 0.25) is 0 Å². The van der Waals surface area contributed by atoms with Crippen molar-refractivity contribution in [3.63, 3.8) is 0 Å². The van der Waals surface area contributed by atoms with Gasteiger partial charge in [0, 0.05) is 37.6 Å². The lowest BCUT2D eigenvalue weighted by molar-refractivity contribution is 0.0737. The molecule has 2 bridgehead atoms. The summed E-state index contributed by atoms with van der Waals surface area (Å²) in [4.78, 5) is 20.5. The Balaban J connectivity index is 1.76. The molecule has 3 aliphatic rings. The highest BCUT2D eigenvalue weighted by Gasteiger charge is 2.36. The molecule has 20 heavy (non-hydrogen) atoms. The Bertz CT molecular complexity index is 482. The van der Waals surface area contributed by atoms with Gasteiger partial charge in [-0.05, 0) is 44.7 Å². The Kier molecular flexibility index (Phi) is 3.83. The van der Waals surface area contributed by atoms with E-state index >= 15 is 0 Å². The summed E-state index contributed by atoms with van der Waals surface area (Å²) in [5, 5.41) is 0. The first kappa shape index (κ1) is 13.7. The highest BCUT2D eigenvalue weighted by Crippen LogP contribution is 2.29. The minimum Gasteiger partial charge on any atom is -0.365 e. The van der Waals surface area contributed by atoms with E-state index in [-0.39, 0.29) is 5.91 Å². The van der Waals surface area contributed by atoms with Gasteiger partial charge in [-0.1, -0.05) is 6.92 Å². The molecule has 2 atom stereocenters. The number of fused-ring (bicyclic) bond motifs is 4. The molecule has 1 N–H and O–H groups in total. The molecule has 1 aromatic rings. The lowest BCUT2D eigenvalue weighted by Crippen LogP contribution is -2.44. The van der Waals surface area contributed by atoms with Crippen molar-refractivity contribution in [3.05, 3.63) is 23.5 Å². The van der Waals surface area contributed by atoms with Gasteiger partial charge in [-0.3, -0.25) is 9.69 Å². The number of piperidine rings is 1. The molecule has 0 saturated carbocycles. The van der Waals surface area contributed by atoms with Crippen LogP contribution in [-0.4, -0.2) is 52.9 Å². The summed E-state index contributed by atoms with van der Waals surface area (Å²) in [5.41, 5.74) is 1.82. The highest BCUT2D eigenvalue weighted by molar-refractivity contribution is 5.95. The van der Waals surface area contributed by atoms with Crippen LogP contribution in [0.3, 0.4) is 0 Å². The van der Waals surface area contributed by atoms with Gasteiger partial charge in [0.15, 0.2) is 0 Å². The van der Waals surface area contributed by atoms with E-state index in [0.717, 1.165) is 24.3 Å². The fourth-order valence-corrected chi connectivity index (χ4v) is 3.76. The van der Waals surface area contributed by atoms with Crippen LogP contribution in [0.4, 0.5) is 0 Å². The van der Waals surface area contributed by atoms with E-state index in [2.05, 4.69) is 21.7 Å². The zero-order chi connectivity index (χ0) is 14.1. The molecule has 0 unspecified atom stereocenters. The number of hydrogen-bond acceptors (Lipinski definition) is 2. The van der Waals surface area contributed by atoms with Crippen molar-refractivity contribution in [2.45, 2.75) is 39.2 Å². The largest absolute Gasteiger partial charge is 0.365 e. The smallest absolute Gasteiger partial charge is 0.255 e. The minimum atomic E-state index is 0.207. The first-order valence-electron chi connectivity index (χ1n) is 7.86. The molecule has 3 saturated heterocycles. The van der Waals surface area contributed by atoms with Crippen LogP contribution >= 0.6 is 0 Å². The summed E-state index contributed by atoms with van der Waals surface area (Å²) in [6.07, 6.45) is 5.59. The number of amides is 1. The van der Waals surface area contributed by atoms with Crippen LogP contribution < -0.4 is 0 Å². The molecule has 4 rings (SSSR count). The van der Waals surface area contributed by atoms with Crippen molar-refractivity contribution in [1.82, 2.24) is 14.8 Å². The maximum atomic E-state index is 12.7. The maximum Gasteiger partial charge on any atom is 0.255 e. The van der Waals surface area contributed by atoms with Gasteiger partial charge in [-0.25, -0.2) is 0 Å². The molecule has 0 radical (unpaired) electrons. The van der Waals surface area contributed by atoms with E-state index in [0.29, 0.717) is 12.0 Å². The van der Waals surface area contributed by atoms with E-state index in [4.69, 9.17) is 0 Å². The van der Waals surface area contributed by atoms with Crippen molar-refractivity contribution in [2.24, 2.45) is 5.92 Å². The van der Waals surface area contributed by atoms with Crippen molar-refractivity contribution in [1.29, 1.82) is 0 Å². The Morgan fingerprint density at radius 3 is 2.90 bits per heavy atom. The molecule has 110 valence electrons. The van der Waals surface area contributed by atoms with E-state index in [9.17, 15) is 4.79 Å². The second-order valence-corrected chi connectivity index (χ2v) is 6.32. The van der Waals surface area contributed by atoms with E-state index in [1.54, 1.807) is 0 Å². The summed E-state index contributed by atoms with van der Waals surface area (Å²) in [6.45, 7) is 8.40. The number of carbonyl (C=O) groups is 1. The van der Waals surface area contributed by atoms with Gasteiger partial charge in [0.1, 0.15) is 0 Å². The van der Waals surface area contributed by atoms with Crippen LogP contribution in [0.25, 0.3) is 0 Å². The Morgan fingerprint density at radius 2 is 2.20 bits per heavy atom. The molecule has 1 aromatic heterocycles. The summed E-state index contributed by atoms with van der Waals surface area (Å²) in [5.74, 6) is 0.863. The number of aryl methyl sites for hydroxylation is 1. The first-order valence-corrected chi connectivity index (χ1v) is 7.86. The van der Waals surface area contributed by atoms with Crippen LogP contribution in [0.5, 0.6) is 0 Å². The summed E-state index contributed by atoms with van der Waals surface area (Å²) in [7, 11) is 0. The number of aromatic nitrogens is 1. The summed E-state index contributed by atoms with van der Waals surface area (Å²) in [6, 6.07) is 2.48. The number of hydrogen-bond donors (Lipinski definition) is 1. The third-order valence-corrected chi connectivity index (χ3v) is 4.81. The molecule has 4 heterocycles. The molecular weight excluding hydrogens is 250 g/mol. The average molecular weight is 275 g/mol. The molecule has 3 aliphatic heterocycles. The zero-order valence-corrected chi connectivity index (χ0v) is 12.6. The third-order valence-electron chi connectivity index (χ3n) is 4.81. The Labute approximate surface area is 121 Å². The number of carbonyl (C=O) groups excluding carboxylic acids is 1. The lowest BCUT2D eigenvalue weighted by Gasteiger charge is -2.35. The second kappa shape index (κ2) is 5.60. The lowest BCUT2D eigenvalue weighted by atomic mass is 9.95. The van der Waals surface area contributed by atoms with Gasteiger partial charge in [0.05, 0.1) is 5.56 Å². The standard InChI is InChI=1S/C16H25N3O/c1-3-8-18-9-13-4-5-14(18)11-19(10-13)16(20)15-6-7-17-12(15)2/h6-7,13-14,17H,3-5,8-11H2,1-2H3/t13-,14-/m1/s1. The average Bonchev–Trinajstić information content (AvgIpc) is 2.68. The van der Waals surface area contributed by atoms with E-state index in [1.165, 1.54) is 32.4 Å². The molecule has 4 heteroatoms. The number of nitrogens with zero attached hydrogens (tertiary/aromatic N) is 2. The minimum absolute atomic E-state index is 0.207. The Hall–Kier alpha value is -1.29. The number of H-pyrrole nitrogens is 1. The molecule has 1 amide bonds. The molecule has 0 aromatic carbocycles. The quantitative estimate of drug-likeness (QED) is 0.919. The van der Waals surface area contributed by atoms with Crippen molar-refractivity contribution in [3.8, 4) is 0 Å². The van der Waals surface area contributed by atoms with Crippen molar-refractivity contribution < 1.29 is 4.79 Å². The maximum absolute atomic E-state index is 12.7. The van der Waals surface area contributed by atoms with Gasteiger partial charge >= 0.3 is 0 Å². The molecule has 0 aliphatic carbocycles. The molecular formula is C16H25N3O. The van der Waals surface area contributed by atoms with Gasteiger partial charge in [0.25, 0.3) is 5.91 Å².